The van der Waals surface area contributed by atoms with Crippen molar-refractivity contribution in [1.29, 1.82) is 0 Å². The zero-order valence-electron chi connectivity index (χ0n) is 9.64. The van der Waals surface area contributed by atoms with E-state index in [-0.39, 0.29) is 12.4 Å². The van der Waals surface area contributed by atoms with Gasteiger partial charge in [-0.2, -0.15) is 0 Å². The summed E-state index contributed by atoms with van der Waals surface area (Å²) < 4.78 is 4.65. The van der Waals surface area contributed by atoms with Crippen molar-refractivity contribution < 1.29 is 9.53 Å². The van der Waals surface area contributed by atoms with Crippen molar-refractivity contribution in [1.82, 2.24) is 9.97 Å². The molecule has 0 aliphatic carbocycles. The summed E-state index contributed by atoms with van der Waals surface area (Å²) in [5.41, 5.74) is 1.69. The average molecular weight is 248 g/mol. The number of thiazole rings is 1. The van der Waals surface area contributed by atoms with Gasteiger partial charge in [0.1, 0.15) is 5.01 Å². The van der Waals surface area contributed by atoms with Crippen LogP contribution >= 0.6 is 11.3 Å². The monoisotopic (exact) mass is 248 g/mol. The molecule has 0 fully saturated rings. The first-order valence-electron chi connectivity index (χ1n) is 5.15. The molecule has 0 spiro atoms. The molecule has 0 aromatic carbocycles. The topological polar surface area (TPSA) is 52.1 Å². The molecule has 0 saturated heterocycles. The third-order valence-corrected chi connectivity index (χ3v) is 3.49. The first-order valence-corrected chi connectivity index (χ1v) is 5.97. The third kappa shape index (κ3) is 2.68. The fraction of sp³-hybridized carbons (Fsp3) is 0.250. The maximum atomic E-state index is 11.2. The van der Waals surface area contributed by atoms with Gasteiger partial charge in [-0.15, -0.1) is 11.3 Å². The molecule has 17 heavy (non-hydrogen) atoms. The highest BCUT2D eigenvalue weighted by Crippen LogP contribution is 2.26. The van der Waals surface area contributed by atoms with E-state index in [1.807, 2.05) is 25.1 Å². The molecule has 0 atom stereocenters. The molecule has 0 saturated carbocycles. The lowest BCUT2D eigenvalue weighted by atomic mass is 10.3. The number of carbonyl (C=O) groups is 1. The number of rotatable bonds is 3. The summed E-state index contributed by atoms with van der Waals surface area (Å²) >= 11 is 1.48. The van der Waals surface area contributed by atoms with Gasteiger partial charge in [0.25, 0.3) is 0 Å². The van der Waals surface area contributed by atoms with E-state index in [4.69, 9.17) is 0 Å². The van der Waals surface area contributed by atoms with E-state index in [1.54, 1.807) is 6.20 Å². The minimum atomic E-state index is -0.246. The predicted molar refractivity (Wildman–Crippen MR) is 65.8 cm³/mol. The Bertz CT molecular complexity index is 523. The zero-order chi connectivity index (χ0) is 12.3. The van der Waals surface area contributed by atoms with E-state index in [9.17, 15) is 4.79 Å². The average Bonchev–Trinajstić information content (AvgIpc) is 2.72. The van der Waals surface area contributed by atoms with Crippen LogP contribution in [-0.2, 0) is 16.0 Å². The van der Waals surface area contributed by atoms with Crippen LogP contribution < -0.4 is 0 Å². The molecule has 2 rings (SSSR count). The fourth-order valence-electron chi connectivity index (χ4n) is 1.39. The SMILES string of the molecule is COC(=O)Cc1sc(-c2ccccn2)nc1C. The fourth-order valence-corrected chi connectivity index (χ4v) is 2.42. The lowest BCUT2D eigenvalue weighted by Crippen LogP contribution is -2.03. The highest BCUT2D eigenvalue weighted by molar-refractivity contribution is 7.15. The summed E-state index contributed by atoms with van der Waals surface area (Å²) in [6.07, 6.45) is 2.00. The number of hydrogen-bond acceptors (Lipinski definition) is 5. The van der Waals surface area contributed by atoms with E-state index in [1.165, 1.54) is 18.4 Å². The molecule has 0 radical (unpaired) electrons. The van der Waals surface area contributed by atoms with E-state index in [2.05, 4.69) is 14.7 Å². The number of pyridine rings is 1. The Hall–Kier alpha value is -1.75. The molecule has 4 nitrogen and oxygen atoms in total. The summed E-state index contributed by atoms with van der Waals surface area (Å²) in [6, 6.07) is 5.68. The summed E-state index contributed by atoms with van der Waals surface area (Å²) in [7, 11) is 1.39. The number of methoxy groups -OCH3 is 1. The Morgan fingerprint density at radius 2 is 2.29 bits per heavy atom. The van der Waals surface area contributed by atoms with Gasteiger partial charge in [-0.05, 0) is 19.1 Å². The molecule has 2 heterocycles. The minimum Gasteiger partial charge on any atom is -0.469 e. The highest BCUT2D eigenvalue weighted by Gasteiger charge is 2.13. The Labute approximate surface area is 103 Å². The van der Waals surface area contributed by atoms with Gasteiger partial charge in [0.2, 0.25) is 0 Å². The Morgan fingerprint density at radius 3 is 2.94 bits per heavy atom. The zero-order valence-corrected chi connectivity index (χ0v) is 10.5. The van der Waals surface area contributed by atoms with Crippen LogP contribution in [0, 0.1) is 6.92 Å². The Morgan fingerprint density at radius 1 is 1.47 bits per heavy atom. The lowest BCUT2D eigenvalue weighted by Gasteiger charge is -1.95. The first kappa shape index (κ1) is 11.7. The van der Waals surface area contributed by atoms with Crippen LogP contribution in [0.1, 0.15) is 10.6 Å². The van der Waals surface area contributed by atoms with Crippen LogP contribution in [0.2, 0.25) is 0 Å². The Kier molecular flexibility index (Phi) is 3.49. The van der Waals surface area contributed by atoms with Crippen LogP contribution in [0.5, 0.6) is 0 Å². The second-order valence-corrected chi connectivity index (χ2v) is 4.58. The number of hydrogen-bond donors (Lipinski definition) is 0. The van der Waals surface area contributed by atoms with E-state index >= 15 is 0 Å². The molecule has 0 unspecified atom stereocenters. The molecule has 2 aromatic heterocycles. The van der Waals surface area contributed by atoms with Crippen LogP contribution in [0.25, 0.3) is 10.7 Å². The number of esters is 1. The summed E-state index contributed by atoms with van der Waals surface area (Å²) in [4.78, 5) is 20.8. The van der Waals surface area contributed by atoms with Crippen molar-refractivity contribution in [2.45, 2.75) is 13.3 Å². The number of aryl methyl sites for hydroxylation is 1. The van der Waals surface area contributed by atoms with Crippen molar-refractivity contribution in [3.05, 3.63) is 35.0 Å². The second-order valence-electron chi connectivity index (χ2n) is 3.50. The van der Waals surface area contributed by atoms with Crippen molar-refractivity contribution in [2.75, 3.05) is 7.11 Å². The maximum absolute atomic E-state index is 11.2. The van der Waals surface area contributed by atoms with Gasteiger partial charge in [0, 0.05) is 11.1 Å². The number of nitrogens with zero attached hydrogens (tertiary/aromatic N) is 2. The summed E-state index contributed by atoms with van der Waals surface area (Å²) in [5, 5.41) is 0.835. The Balaban J connectivity index is 2.28. The van der Waals surface area contributed by atoms with Crippen molar-refractivity contribution >= 4 is 17.3 Å². The van der Waals surface area contributed by atoms with E-state index < -0.39 is 0 Å². The normalized spacial score (nSPS) is 10.2. The molecule has 0 N–H and O–H groups in total. The number of ether oxygens (including phenoxy) is 1. The van der Waals surface area contributed by atoms with Gasteiger partial charge >= 0.3 is 5.97 Å². The first-order chi connectivity index (χ1) is 8.20. The predicted octanol–water partition coefficient (Wildman–Crippen LogP) is 2.23. The van der Waals surface area contributed by atoms with Crippen molar-refractivity contribution in [2.24, 2.45) is 0 Å². The summed E-state index contributed by atoms with van der Waals surface area (Å²) in [5.74, 6) is -0.246. The molecule has 0 aliphatic heterocycles. The number of aromatic nitrogens is 2. The van der Waals surface area contributed by atoms with Gasteiger partial charge in [-0.3, -0.25) is 9.78 Å². The summed E-state index contributed by atoms with van der Waals surface area (Å²) in [6.45, 7) is 1.89. The van der Waals surface area contributed by atoms with E-state index in [0.717, 1.165) is 21.3 Å². The number of carbonyl (C=O) groups excluding carboxylic acids is 1. The molecular weight excluding hydrogens is 236 g/mol. The molecule has 2 aromatic rings. The minimum absolute atomic E-state index is 0.246. The van der Waals surface area contributed by atoms with Gasteiger partial charge in [-0.1, -0.05) is 6.07 Å². The quantitative estimate of drug-likeness (QED) is 0.782. The van der Waals surface area contributed by atoms with Crippen LogP contribution in [0.15, 0.2) is 24.4 Å². The highest BCUT2D eigenvalue weighted by atomic mass is 32.1. The van der Waals surface area contributed by atoms with Crippen LogP contribution in [0.4, 0.5) is 0 Å². The molecule has 88 valence electrons. The van der Waals surface area contributed by atoms with Crippen LogP contribution in [-0.4, -0.2) is 23.0 Å². The largest absolute Gasteiger partial charge is 0.469 e. The maximum Gasteiger partial charge on any atom is 0.310 e. The standard InChI is InChI=1S/C12H12N2O2S/c1-8-10(7-11(15)16-2)17-12(14-8)9-5-3-4-6-13-9/h3-6H,7H2,1-2H3. The molecule has 0 aliphatic rings. The smallest absolute Gasteiger partial charge is 0.310 e. The molecular formula is C12H12N2O2S. The third-order valence-electron chi connectivity index (χ3n) is 2.31. The van der Waals surface area contributed by atoms with E-state index in [0.29, 0.717) is 0 Å². The molecule has 0 amide bonds. The van der Waals surface area contributed by atoms with Gasteiger partial charge in [-0.25, -0.2) is 4.98 Å². The second kappa shape index (κ2) is 5.05. The van der Waals surface area contributed by atoms with Crippen LogP contribution in [0.3, 0.4) is 0 Å². The lowest BCUT2D eigenvalue weighted by molar-refractivity contribution is -0.139. The van der Waals surface area contributed by atoms with Crippen molar-refractivity contribution in [3.8, 4) is 10.7 Å². The van der Waals surface area contributed by atoms with Crippen molar-refractivity contribution in [3.63, 3.8) is 0 Å². The molecule has 5 heteroatoms. The van der Waals surface area contributed by atoms with Gasteiger partial charge in [0.05, 0.1) is 24.9 Å². The van der Waals surface area contributed by atoms with Gasteiger partial charge < -0.3 is 4.74 Å². The van der Waals surface area contributed by atoms with Gasteiger partial charge in [0.15, 0.2) is 0 Å². The molecule has 0 bridgehead atoms.